The number of piperazine rings is 1. The van der Waals surface area contributed by atoms with E-state index in [1.807, 2.05) is 6.92 Å². The molecule has 8 heteroatoms. The molecule has 2 aliphatic rings. The second kappa shape index (κ2) is 5.18. The van der Waals surface area contributed by atoms with Gasteiger partial charge in [-0.05, 0) is 25.7 Å². The minimum atomic E-state index is -3.75. The maximum Gasteiger partial charge on any atom is 0.283 e. The third kappa shape index (κ3) is 2.80. The van der Waals surface area contributed by atoms with E-state index in [0.717, 1.165) is 17.1 Å². The Labute approximate surface area is 113 Å². The van der Waals surface area contributed by atoms with Crippen LogP contribution < -0.4 is 5.32 Å². The summed E-state index contributed by atoms with van der Waals surface area (Å²) in [5.41, 5.74) is 0. The topological polar surface area (TPSA) is 86.8 Å². The van der Waals surface area contributed by atoms with Crippen molar-refractivity contribution in [2.24, 2.45) is 5.92 Å². The Morgan fingerprint density at radius 3 is 2.58 bits per heavy atom. The second-order valence-corrected chi connectivity index (χ2v) is 7.13. The fourth-order valence-corrected chi connectivity index (χ4v) is 4.35. The number of rotatable bonds is 2. The lowest BCUT2D eigenvalue weighted by atomic mass is 10.0. The van der Waals surface area contributed by atoms with E-state index in [-0.39, 0.29) is 6.54 Å². The van der Waals surface area contributed by atoms with E-state index in [9.17, 15) is 18.0 Å². The zero-order valence-electron chi connectivity index (χ0n) is 11.1. The molecular weight excluding hydrogens is 270 g/mol. The largest absolute Gasteiger partial charge is 0.294 e. The summed E-state index contributed by atoms with van der Waals surface area (Å²) in [5.74, 6) is -0.838. The first-order chi connectivity index (χ1) is 8.82. The van der Waals surface area contributed by atoms with Crippen LogP contribution in [-0.4, -0.2) is 54.5 Å². The standard InChI is InChI=1S/C11H19N3O4S/c1-8-4-3-5-13(6-8)19(17,18)14-7-10(15)12-11(16)9(14)2/h8-9H,3-7H2,1-2H3,(H,12,15,16). The van der Waals surface area contributed by atoms with Crippen molar-refractivity contribution in [1.29, 1.82) is 0 Å². The van der Waals surface area contributed by atoms with Crippen molar-refractivity contribution >= 4 is 22.0 Å². The summed E-state index contributed by atoms with van der Waals surface area (Å²) < 4.78 is 27.4. The summed E-state index contributed by atoms with van der Waals surface area (Å²) in [6.07, 6.45) is 1.81. The highest BCUT2D eigenvalue weighted by Crippen LogP contribution is 2.22. The molecule has 0 aromatic rings. The molecule has 2 aliphatic heterocycles. The Hall–Kier alpha value is -0.990. The van der Waals surface area contributed by atoms with Gasteiger partial charge in [0.05, 0.1) is 6.54 Å². The van der Waals surface area contributed by atoms with Crippen LogP contribution >= 0.6 is 0 Å². The number of piperidine rings is 1. The molecule has 0 bridgehead atoms. The highest BCUT2D eigenvalue weighted by molar-refractivity contribution is 7.86. The van der Waals surface area contributed by atoms with E-state index in [1.165, 1.54) is 11.2 Å². The summed E-state index contributed by atoms with van der Waals surface area (Å²) in [5, 5.41) is 2.14. The molecule has 0 radical (unpaired) electrons. The van der Waals surface area contributed by atoms with Gasteiger partial charge in [0.2, 0.25) is 11.8 Å². The van der Waals surface area contributed by atoms with Gasteiger partial charge >= 0.3 is 0 Å². The fraction of sp³-hybridized carbons (Fsp3) is 0.818. The lowest BCUT2D eigenvalue weighted by molar-refractivity contribution is -0.136. The molecule has 0 saturated carbocycles. The van der Waals surface area contributed by atoms with Crippen LogP contribution in [0, 0.1) is 5.92 Å². The number of carbonyl (C=O) groups is 2. The predicted octanol–water partition coefficient (Wildman–Crippen LogP) is -0.690. The molecule has 2 heterocycles. The van der Waals surface area contributed by atoms with E-state index < -0.39 is 28.1 Å². The molecule has 2 atom stereocenters. The first kappa shape index (κ1) is 14.4. The molecule has 2 fully saturated rings. The number of hydrogen-bond donors (Lipinski definition) is 1. The summed E-state index contributed by atoms with van der Waals surface area (Å²) in [4.78, 5) is 22.9. The molecule has 2 saturated heterocycles. The highest BCUT2D eigenvalue weighted by Gasteiger charge is 2.41. The molecule has 7 nitrogen and oxygen atoms in total. The van der Waals surface area contributed by atoms with Crippen LogP contribution in [-0.2, 0) is 19.8 Å². The summed E-state index contributed by atoms with van der Waals surface area (Å²) in [7, 11) is -3.75. The normalized spacial score (nSPS) is 31.3. The summed E-state index contributed by atoms with van der Waals surface area (Å²) in [6, 6.07) is -0.847. The Morgan fingerprint density at radius 2 is 1.95 bits per heavy atom. The smallest absolute Gasteiger partial charge is 0.283 e. The van der Waals surface area contributed by atoms with Crippen LogP contribution in [0.1, 0.15) is 26.7 Å². The van der Waals surface area contributed by atoms with Crippen LogP contribution in [0.25, 0.3) is 0 Å². The number of carbonyl (C=O) groups excluding carboxylic acids is 2. The number of nitrogens with zero attached hydrogens (tertiary/aromatic N) is 2. The Morgan fingerprint density at radius 1 is 1.26 bits per heavy atom. The third-order valence-electron chi connectivity index (χ3n) is 3.62. The van der Waals surface area contributed by atoms with Crippen LogP contribution in [0.5, 0.6) is 0 Å². The van der Waals surface area contributed by atoms with Gasteiger partial charge in [0.15, 0.2) is 0 Å². The number of nitrogens with one attached hydrogen (secondary N) is 1. The van der Waals surface area contributed by atoms with Crippen LogP contribution in [0.3, 0.4) is 0 Å². The van der Waals surface area contributed by atoms with Gasteiger partial charge in [-0.2, -0.15) is 17.0 Å². The quantitative estimate of drug-likeness (QED) is 0.682. The monoisotopic (exact) mass is 289 g/mol. The van der Waals surface area contributed by atoms with Crippen molar-refractivity contribution in [2.45, 2.75) is 32.7 Å². The second-order valence-electron chi connectivity index (χ2n) is 5.25. The molecule has 2 unspecified atom stereocenters. The minimum absolute atomic E-state index is 0.292. The Bertz CT molecular complexity index is 490. The number of imide groups is 1. The van der Waals surface area contributed by atoms with Gasteiger partial charge < -0.3 is 0 Å². The average molecular weight is 289 g/mol. The zero-order valence-corrected chi connectivity index (χ0v) is 11.9. The molecule has 0 aromatic carbocycles. The lowest BCUT2D eigenvalue weighted by Gasteiger charge is -2.37. The summed E-state index contributed by atoms with van der Waals surface area (Å²) >= 11 is 0. The predicted molar refractivity (Wildman–Crippen MR) is 68.2 cm³/mol. The first-order valence-corrected chi connectivity index (χ1v) is 7.82. The Balaban J connectivity index is 2.22. The van der Waals surface area contributed by atoms with E-state index in [2.05, 4.69) is 5.32 Å². The minimum Gasteiger partial charge on any atom is -0.294 e. The van der Waals surface area contributed by atoms with E-state index >= 15 is 0 Å². The van der Waals surface area contributed by atoms with E-state index in [0.29, 0.717) is 19.0 Å². The van der Waals surface area contributed by atoms with Gasteiger partial charge in [0.1, 0.15) is 6.04 Å². The van der Waals surface area contributed by atoms with Gasteiger partial charge in [0.25, 0.3) is 10.2 Å². The van der Waals surface area contributed by atoms with Crippen molar-refractivity contribution in [2.75, 3.05) is 19.6 Å². The molecule has 19 heavy (non-hydrogen) atoms. The van der Waals surface area contributed by atoms with E-state index in [4.69, 9.17) is 0 Å². The van der Waals surface area contributed by atoms with Gasteiger partial charge in [-0.3, -0.25) is 14.9 Å². The molecule has 0 spiro atoms. The van der Waals surface area contributed by atoms with Crippen LogP contribution in [0.4, 0.5) is 0 Å². The molecule has 0 aliphatic carbocycles. The van der Waals surface area contributed by atoms with Crippen molar-refractivity contribution in [1.82, 2.24) is 13.9 Å². The van der Waals surface area contributed by atoms with Crippen molar-refractivity contribution in [3.8, 4) is 0 Å². The van der Waals surface area contributed by atoms with Crippen molar-refractivity contribution in [3.05, 3.63) is 0 Å². The molecular formula is C11H19N3O4S. The number of amides is 2. The Kier molecular flexibility index (Phi) is 3.93. The average Bonchev–Trinajstić information content (AvgIpc) is 2.33. The first-order valence-electron chi connectivity index (χ1n) is 6.43. The lowest BCUT2D eigenvalue weighted by Crippen LogP contribution is -2.61. The molecule has 1 N–H and O–H groups in total. The van der Waals surface area contributed by atoms with Crippen molar-refractivity contribution < 1.29 is 18.0 Å². The van der Waals surface area contributed by atoms with Gasteiger partial charge in [0, 0.05) is 13.1 Å². The van der Waals surface area contributed by atoms with Gasteiger partial charge in [-0.25, -0.2) is 0 Å². The van der Waals surface area contributed by atoms with Gasteiger partial charge in [-0.1, -0.05) is 6.92 Å². The fourth-order valence-electron chi connectivity index (χ4n) is 2.48. The van der Waals surface area contributed by atoms with Crippen LogP contribution in [0.15, 0.2) is 0 Å². The zero-order chi connectivity index (χ0) is 14.2. The van der Waals surface area contributed by atoms with E-state index in [1.54, 1.807) is 0 Å². The van der Waals surface area contributed by atoms with Crippen LogP contribution in [0.2, 0.25) is 0 Å². The molecule has 2 amide bonds. The number of hydrogen-bond acceptors (Lipinski definition) is 4. The molecule has 108 valence electrons. The molecule has 2 rings (SSSR count). The SMILES string of the molecule is CC1CCCN(S(=O)(=O)N2CC(=O)NC(=O)C2C)C1. The van der Waals surface area contributed by atoms with Crippen molar-refractivity contribution in [3.63, 3.8) is 0 Å². The maximum absolute atomic E-state index is 12.5. The molecule has 0 aromatic heterocycles. The maximum atomic E-state index is 12.5. The highest BCUT2D eigenvalue weighted by atomic mass is 32.2. The van der Waals surface area contributed by atoms with Gasteiger partial charge in [-0.15, -0.1) is 0 Å². The third-order valence-corrected chi connectivity index (χ3v) is 5.64. The summed E-state index contributed by atoms with van der Waals surface area (Å²) in [6.45, 7) is 4.10.